The molecular weight excluding hydrogens is 234 g/mol. The van der Waals surface area contributed by atoms with E-state index < -0.39 is 17.5 Å². The molecule has 0 saturated heterocycles. The van der Waals surface area contributed by atoms with E-state index in [1.807, 2.05) is 13.8 Å². The Morgan fingerprint density at radius 2 is 1.50 bits per heavy atom. The van der Waals surface area contributed by atoms with Crippen LogP contribution in [0.15, 0.2) is 29.8 Å². The van der Waals surface area contributed by atoms with Gasteiger partial charge in [-0.1, -0.05) is 26.0 Å². The standard InChI is InChI=1S/C11H11NO4.C2H6/c1-12-8-4-2-7(3-5-8)6-9(10(13)14)11(15)16;1-2/h2-6,12H,1H3,(H,13,14)(H,15,16);1-2H3/p-2. The fourth-order valence-corrected chi connectivity index (χ4v) is 1.11. The van der Waals surface area contributed by atoms with Crippen molar-refractivity contribution in [1.29, 1.82) is 0 Å². The van der Waals surface area contributed by atoms with Crippen molar-refractivity contribution in [2.75, 3.05) is 12.4 Å². The number of carboxylic acids is 2. The number of hydrogen-bond acceptors (Lipinski definition) is 5. The Balaban J connectivity index is 0.00000137. The van der Waals surface area contributed by atoms with Crippen molar-refractivity contribution in [2.24, 2.45) is 0 Å². The van der Waals surface area contributed by atoms with Crippen molar-refractivity contribution in [3.63, 3.8) is 0 Å². The fraction of sp³-hybridized carbons (Fsp3) is 0.231. The molecular formula is C13H15NO4-2. The molecule has 0 aliphatic carbocycles. The maximum atomic E-state index is 10.5. The van der Waals surface area contributed by atoms with Crippen LogP contribution in [-0.4, -0.2) is 19.0 Å². The number of rotatable bonds is 4. The number of carbonyl (C=O) groups is 2. The lowest BCUT2D eigenvalue weighted by molar-refractivity contribution is -0.311. The largest absolute Gasteiger partial charge is 0.545 e. The molecule has 1 N–H and O–H groups in total. The molecule has 1 rings (SSSR count). The molecule has 0 bridgehead atoms. The van der Waals surface area contributed by atoms with Gasteiger partial charge in [0.15, 0.2) is 0 Å². The Hall–Kier alpha value is -2.30. The van der Waals surface area contributed by atoms with Crippen LogP contribution in [0, 0.1) is 0 Å². The number of carbonyl (C=O) groups excluding carboxylic acids is 2. The first-order valence-electron chi connectivity index (χ1n) is 5.47. The summed E-state index contributed by atoms with van der Waals surface area (Å²) < 4.78 is 0. The zero-order valence-electron chi connectivity index (χ0n) is 10.5. The molecule has 0 atom stereocenters. The monoisotopic (exact) mass is 249 g/mol. The summed E-state index contributed by atoms with van der Waals surface area (Å²) >= 11 is 0. The second kappa shape index (κ2) is 7.89. The third-order valence-electron chi connectivity index (χ3n) is 1.95. The predicted molar refractivity (Wildman–Crippen MR) is 65.3 cm³/mol. The summed E-state index contributed by atoms with van der Waals surface area (Å²) in [5.41, 5.74) is 0.403. The smallest absolute Gasteiger partial charge is 0.0733 e. The summed E-state index contributed by atoms with van der Waals surface area (Å²) in [5, 5.41) is 23.8. The van der Waals surface area contributed by atoms with Crippen LogP contribution in [0.25, 0.3) is 6.08 Å². The van der Waals surface area contributed by atoms with Crippen molar-refractivity contribution in [3.05, 3.63) is 35.4 Å². The van der Waals surface area contributed by atoms with E-state index in [9.17, 15) is 19.8 Å². The molecule has 0 unspecified atom stereocenters. The molecule has 0 aromatic heterocycles. The number of anilines is 1. The summed E-state index contributed by atoms with van der Waals surface area (Å²) in [5.74, 6) is -3.53. The number of hydrogen-bond donors (Lipinski definition) is 1. The summed E-state index contributed by atoms with van der Waals surface area (Å²) in [4.78, 5) is 20.9. The van der Waals surface area contributed by atoms with Crippen LogP contribution in [0.2, 0.25) is 0 Å². The van der Waals surface area contributed by atoms with Crippen LogP contribution in [0.1, 0.15) is 19.4 Å². The molecule has 0 aliphatic rings. The van der Waals surface area contributed by atoms with Crippen molar-refractivity contribution < 1.29 is 19.8 Å². The molecule has 0 aliphatic heterocycles. The number of nitrogens with one attached hydrogen (secondary N) is 1. The number of aliphatic carboxylic acids is 2. The van der Waals surface area contributed by atoms with Gasteiger partial charge in [0, 0.05) is 18.3 Å². The normalized spacial score (nSPS) is 8.61. The summed E-state index contributed by atoms with van der Waals surface area (Å²) in [6, 6.07) is 6.54. The molecule has 0 amide bonds. The average Bonchev–Trinajstić information content (AvgIpc) is 2.38. The Labute approximate surface area is 106 Å². The SMILES string of the molecule is CC.CNc1ccc(C=C(C(=O)[O-])C(=O)[O-])cc1. The maximum absolute atomic E-state index is 10.5. The second-order valence-corrected chi connectivity index (χ2v) is 3.00. The number of benzene rings is 1. The summed E-state index contributed by atoms with van der Waals surface area (Å²) in [6.45, 7) is 4.00. The third-order valence-corrected chi connectivity index (χ3v) is 1.95. The Bertz CT molecular complexity index is 419. The van der Waals surface area contributed by atoms with Gasteiger partial charge < -0.3 is 25.1 Å². The highest BCUT2D eigenvalue weighted by molar-refractivity contribution is 6.14. The molecule has 0 radical (unpaired) electrons. The van der Waals surface area contributed by atoms with Crippen molar-refractivity contribution >= 4 is 23.7 Å². The molecule has 1 aromatic rings. The van der Waals surface area contributed by atoms with Crippen molar-refractivity contribution in [1.82, 2.24) is 0 Å². The van der Waals surface area contributed by atoms with Gasteiger partial charge in [-0.25, -0.2) is 0 Å². The van der Waals surface area contributed by atoms with Gasteiger partial charge in [0.05, 0.1) is 11.9 Å². The van der Waals surface area contributed by atoms with Gasteiger partial charge in [-0.2, -0.15) is 0 Å². The first-order valence-corrected chi connectivity index (χ1v) is 5.47. The lowest BCUT2D eigenvalue weighted by Gasteiger charge is -2.09. The minimum atomic E-state index is -1.77. The van der Waals surface area contributed by atoms with Crippen LogP contribution in [0.5, 0.6) is 0 Å². The van der Waals surface area contributed by atoms with E-state index in [0.717, 1.165) is 11.8 Å². The third kappa shape index (κ3) is 4.69. The van der Waals surface area contributed by atoms with E-state index in [2.05, 4.69) is 5.32 Å². The highest BCUT2D eigenvalue weighted by Crippen LogP contribution is 2.11. The Morgan fingerprint density at radius 3 is 1.83 bits per heavy atom. The van der Waals surface area contributed by atoms with Crippen LogP contribution < -0.4 is 15.5 Å². The van der Waals surface area contributed by atoms with Gasteiger partial charge in [0.2, 0.25) is 0 Å². The predicted octanol–water partition coefficient (Wildman–Crippen LogP) is -0.362. The maximum Gasteiger partial charge on any atom is 0.0733 e. The number of carboxylic acid groups (broad SMARTS) is 2. The molecule has 5 heteroatoms. The first-order chi connectivity index (χ1) is 8.54. The van der Waals surface area contributed by atoms with Crippen LogP contribution in [-0.2, 0) is 9.59 Å². The van der Waals surface area contributed by atoms with Gasteiger partial charge in [-0.3, -0.25) is 0 Å². The molecule has 0 spiro atoms. The molecule has 1 aromatic carbocycles. The van der Waals surface area contributed by atoms with Crippen molar-refractivity contribution in [2.45, 2.75) is 13.8 Å². The molecule has 5 nitrogen and oxygen atoms in total. The first kappa shape index (κ1) is 15.7. The fourth-order valence-electron chi connectivity index (χ4n) is 1.11. The topological polar surface area (TPSA) is 92.3 Å². The molecule has 0 saturated carbocycles. The van der Waals surface area contributed by atoms with Gasteiger partial charge in [-0.15, -0.1) is 0 Å². The van der Waals surface area contributed by atoms with E-state index in [0.29, 0.717) is 5.56 Å². The van der Waals surface area contributed by atoms with Gasteiger partial charge >= 0.3 is 0 Å². The Morgan fingerprint density at radius 1 is 1.06 bits per heavy atom. The zero-order valence-corrected chi connectivity index (χ0v) is 10.5. The van der Waals surface area contributed by atoms with E-state index in [1.165, 1.54) is 0 Å². The van der Waals surface area contributed by atoms with Crippen LogP contribution >= 0.6 is 0 Å². The molecule has 0 fully saturated rings. The summed E-state index contributed by atoms with van der Waals surface area (Å²) in [6.07, 6.45) is 0.990. The van der Waals surface area contributed by atoms with Crippen molar-refractivity contribution in [3.8, 4) is 0 Å². The summed E-state index contributed by atoms with van der Waals surface area (Å²) in [7, 11) is 1.73. The van der Waals surface area contributed by atoms with Crippen LogP contribution in [0.3, 0.4) is 0 Å². The van der Waals surface area contributed by atoms with Gasteiger partial charge in [0.25, 0.3) is 0 Å². The van der Waals surface area contributed by atoms with E-state index >= 15 is 0 Å². The highest BCUT2D eigenvalue weighted by Gasteiger charge is 2.00. The van der Waals surface area contributed by atoms with E-state index in [-0.39, 0.29) is 0 Å². The molecule has 18 heavy (non-hydrogen) atoms. The Kier molecular flexibility index (Phi) is 6.88. The second-order valence-electron chi connectivity index (χ2n) is 3.00. The van der Waals surface area contributed by atoms with E-state index in [4.69, 9.17) is 0 Å². The lowest BCUT2D eigenvalue weighted by atomic mass is 10.1. The molecule has 98 valence electrons. The zero-order chi connectivity index (χ0) is 14.1. The van der Waals surface area contributed by atoms with E-state index in [1.54, 1.807) is 31.3 Å². The minimum absolute atomic E-state index is 0.447. The quantitative estimate of drug-likeness (QED) is 0.447. The highest BCUT2D eigenvalue weighted by atomic mass is 16.4. The van der Waals surface area contributed by atoms with Gasteiger partial charge in [-0.05, 0) is 23.8 Å². The molecule has 0 heterocycles. The van der Waals surface area contributed by atoms with Crippen LogP contribution in [0.4, 0.5) is 5.69 Å². The van der Waals surface area contributed by atoms with Gasteiger partial charge in [0.1, 0.15) is 0 Å². The minimum Gasteiger partial charge on any atom is -0.545 e. The lowest BCUT2D eigenvalue weighted by Crippen LogP contribution is -2.36. The average molecular weight is 249 g/mol.